The molecule has 0 bridgehead atoms. The third-order valence-corrected chi connectivity index (χ3v) is 6.01. The van der Waals surface area contributed by atoms with Crippen molar-refractivity contribution in [3.05, 3.63) is 70.9 Å². The topological polar surface area (TPSA) is 94.3 Å². The second kappa shape index (κ2) is 10.5. The van der Waals surface area contributed by atoms with Gasteiger partial charge in [-0.05, 0) is 61.8 Å². The number of nitrogens with zero attached hydrogens (tertiary/aromatic N) is 3. The fourth-order valence-electron chi connectivity index (χ4n) is 4.27. The molecular formula is C25H26FN3O4. The van der Waals surface area contributed by atoms with Crippen LogP contribution in [0.25, 0.3) is 22.5 Å². The van der Waals surface area contributed by atoms with Gasteiger partial charge in [0.05, 0.1) is 6.61 Å². The van der Waals surface area contributed by atoms with Gasteiger partial charge in [-0.3, -0.25) is 0 Å². The number of carbonyl (C=O) groups is 1. The molecule has 33 heavy (non-hydrogen) atoms. The van der Waals surface area contributed by atoms with Crippen LogP contribution >= 0.6 is 0 Å². The number of rotatable bonds is 8. The van der Waals surface area contributed by atoms with Gasteiger partial charge in [0.25, 0.3) is 0 Å². The molecule has 3 aromatic rings. The third kappa shape index (κ3) is 5.90. The lowest BCUT2D eigenvalue weighted by Crippen LogP contribution is -2.31. The molecule has 1 aliphatic rings. The molecule has 0 amide bonds. The van der Waals surface area contributed by atoms with Crippen LogP contribution in [0.15, 0.2) is 59.4 Å². The monoisotopic (exact) mass is 451 g/mol. The van der Waals surface area contributed by atoms with Crippen LogP contribution in [0.4, 0.5) is 4.39 Å². The number of halogens is 1. The summed E-state index contributed by atoms with van der Waals surface area (Å²) in [4.78, 5) is 27.8. The first-order valence-electron chi connectivity index (χ1n) is 11.1. The second-order valence-electron chi connectivity index (χ2n) is 8.44. The smallest absolute Gasteiger partial charge is 0.364 e. The van der Waals surface area contributed by atoms with E-state index in [9.17, 15) is 14.0 Å². The van der Waals surface area contributed by atoms with Gasteiger partial charge in [-0.2, -0.15) is 10.1 Å². The summed E-state index contributed by atoms with van der Waals surface area (Å²) in [5.74, 6) is -0.696. The van der Waals surface area contributed by atoms with Crippen LogP contribution in [0.2, 0.25) is 0 Å². The molecule has 1 heterocycles. The third-order valence-electron chi connectivity index (χ3n) is 6.01. The van der Waals surface area contributed by atoms with Gasteiger partial charge in [-0.1, -0.05) is 30.3 Å². The molecule has 0 atom stereocenters. The van der Waals surface area contributed by atoms with Crippen molar-refractivity contribution in [2.45, 2.75) is 32.2 Å². The van der Waals surface area contributed by atoms with Crippen molar-refractivity contribution in [2.75, 3.05) is 13.2 Å². The Morgan fingerprint density at radius 3 is 2.27 bits per heavy atom. The van der Waals surface area contributed by atoms with Gasteiger partial charge in [0, 0.05) is 17.7 Å². The van der Waals surface area contributed by atoms with Crippen LogP contribution in [-0.4, -0.2) is 39.1 Å². The van der Waals surface area contributed by atoms with Crippen molar-refractivity contribution in [3.63, 3.8) is 0 Å². The van der Waals surface area contributed by atoms with Gasteiger partial charge in [-0.15, -0.1) is 0 Å². The molecular weight excluding hydrogens is 425 g/mol. The van der Waals surface area contributed by atoms with E-state index in [4.69, 9.17) is 9.84 Å². The first-order chi connectivity index (χ1) is 16.0. The highest BCUT2D eigenvalue weighted by Crippen LogP contribution is 2.31. The molecule has 1 N–H and O–H groups in total. The maximum atomic E-state index is 13.5. The summed E-state index contributed by atoms with van der Waals surface area (Å²) in [6, 6.07) is 15.4. The van der Waals surface area contributed by atoms with E-state index in [1.54, 1.807) is 12.1 Å². The summed E-state index contributed by atoms with van der Waals surface area (Å²) in [5.41, 5.74) is 2.07. The first-order valence-corrected chi connectivity index (χ1v) is 11.1. The molecule has 2 aromatic carbocycles. The highest BCUT2D eigenvalue weighted by molar-refractivity contribution is 5.77. The number of carboxylic acid groups (broad SMARTS) is 1. The van der Waals surface area contributed by atoms with Crippen molar-refractivity contribution >= 4 is 5.97 Å². The van der Waals surface area contributed by atoms with E-state index in [0.717, 1.165) is 31.2 Å². The Morgan fingerprint density at radius 1 is 0.970 bits per heavy atom. The van der Waals surface area contributed by atoms with Gasteiger partial charge < -0.3 is 9.84 Å². The lowest BCUT2D eigenvalue weighted by Gasteiger charge is -2.28. The number of benzene rings is 2. The van der Waals surface area contributed by atoms with E-state index in [2.05, 4.69) is 10.1 Å². The zero-order valence-electron chi connectivity index (χ0n) is 18.2. The number of ether oxygens (including phenoxy) is 1. The highest BCUT2D eigenvalue weighted by atomic mass is 19.1. The average Bonchev–Trinajstić information content (AvgIpc) is 2.82. The molecule has 0 radical (unpaired) electrons. The number of aliphatic carboxylic acids is 1. The van der Waals surface area contributed by atoms with Crippen molar-refractivity contribution in [2.24, 2.45) is 11.8 Å². The molecule has 0 aliphatic heterocycles. The van der Waals surface area contributed by atoms with Gasteiger partial charge in [0.2, 0.25) is 0 Å². The van der Waals surface area contributed by atoms with Crippen LogP contribution in [0.3, 0.4) is 0 Å². The fourth-order valence-corrected chi connectivity index (χ4v) is 4.27. The molecule has 0 spiro atoms. The van der Waals surface area contributed by atoms with E-state index in [1.165, 1.54) is 16.8 Å². The van der Waals surface area contributed by atoms with Crippen LogP contribution < -0.4 is 5.69 Å². The van der Waals surface area contributed by atoms with Gasteiger partial charge in [0.1, 0.15) is 23.8 Å². The molecule has 1 saturated carbocycles. The standard InChI is InChI=1S/C25H26FN3O4/c26-21-12-10-20(11-13-21)24-23(19-4-2-1-3-5-19)27-25(32)29(28-24)14-17-6-8-18(9-7-17)15-33-16-22(30)31/h1-5,10-13,17-18H,6-9,14-16H2,(H,30,31)/t17-,18-. The predicted octanol–water partition coefficient (Wildman–Crippen LogP) is 4.02. The Balaban J connectivity index is 1.54. The Hall–Kier alpha value is -3.39. The largest absolute Gasteiger partial charge is 0.480 e. The van der Waals surface area contributed by atoms with Crippen molar-refractivity contribution in [3.8, 4) is 22.5 Å². The summed E-state index contributed by atoms with van der Waals surface area (Å²) < 4.78 is 20.1. The summed E-state index contributed by atoms with van der Waals surface area (Å²) in [6.07, 6.45) is 3.64. The summed E-state index contributed by atoms with van der Waals surface area (Å²) in [7, 11) is 0. The van der Waals surface area contributed by atoms with Crippen molar-refractivity contribution < 1.29 is 19.0 Å². The molecule has 0 unspecified atom stereocenters. The SMILES string of the molecule is O=C(O)COC[C@H]1CC[C@H](Cn2nc(-c3ccc(F)cc3)c(-c3ccccc3)nc2=O)CC1. The quantitative estimate of drug-likeness (QED) is 0.556. The predicted molar refractivity (Wildman–Crippen MR) is 121 cm³/mol. The van der Waals surface area contributed by atoms with E-state index in [-0.39, 0.29) is 18.3 Å². The minimum atomic E-state index is -0.961. The minimum absolute atomic E-state index is 0.273. The van der Waals surface area contributed by atoms with Gasteiger partial charge in [-0.25, -0.2) is 18.7 Å². The Morgan fingerprint density at radius 2 is 1.61 bits per heavy atom. The average molecular weight is 451 g/mol. The minimum Gasteiger partial charge on any atom is -0.480 e. The molecule has 1 aliphatic carbocycles. The second-order valence-corrected chi connectivity index (χ2v) is 8.44. The first kappa shape index (κ1) is 22.8. The number of hydrogen-bond acceptors (Lipinski definition) is 5. The summed E-state index contributed by atoms with van der Waals surface area (Å²) in [6.45, 7) is 0.627. The zero-order chi connectivity index (χ0) is 23.2. The Labute approximate surface area is 190 Å². The number of carboxylic acids is 1. The summed E-state index contributed by atoms with van der Waals surface area (Å²) in [5, 5.41) is 13.4. The lowest BCUT2D eigenvalue weighted by molar-refractivity contribution is -0.142. The number of aromatic nitrogens is 3. The van der Waals surface area contributed by atoms with Crippen LogP contribution in [0.1, 0.15) is 25.7 Å². The molecule has 172 valence electrons. The van der Waals surface area contributed by atoms with Gasteiger partial charge >= 0.3 is 11.7 Å². The summed E-state index contributed by atoms with van der Waals surface area (Å²) >= 11 is 0. The van der Waals surface area contributed by atoms with Crippen molar-refractivity contribution in [1.82, 2.24) is 14.8 Å². The molecule has 8 heteroatoms. The fraction of sp³-hybridized carbons (Fsp3) is 0.360. The van der Waals surface area contributed by atoms with Crippen LogP contribution in [-0.2, 0) is 16.1 Å². The lowest BCUT2D eigenvalue weighted by atomic mass is 9.82. The Kier molecular flexibility index (Phi) is 7.24. The van der Waals surface area contributed by atoms with E-state index >= 15 is 0 Å². The zero-order valence-corrected chi connectivity index (χ0v) is 18.2. The maximum absolute atomic E-state index is 13.5. The molecule has 7 nitrogen and oxygen atoms in total. The molecule has 1 fully saturated rings. The van der Waals surface area contributed by atoms with E-state index in [0.29, 0.717) is 36.0 Å². The molecule has 4 rings (SSSR count). The normalized spacial score (nSPS) is 18.2. The van der Waals surface area contributed by atoms with Crippen molar-refractivity contribution in [1.29, 1.82) is 0 Å². The molecule has 0 saturated heterocycles. The maximum Gasteiger partial charge on any atom is 0.364 e. The van der Waals surface area contributed by atoms with Gasteiger partial charge in [0.15, 0.2) is 0 Å². The number of hydrogen-bond donors (Lipinski definition) is 1. The van der Waals surface area contributed by atoms with E-state index < -0.39 is 11.7 Å². The molecule has 1 aromatic heterocycles. The Bertz CT molecular complexity index is 1140. The van der Waals surface area contributed by atoms with E-state index in [1.807, 2.05) is 30.3 Å². The highest BCUT2D eigenvalue weighted by Gasteiger charge is 2.23. The van der Waals surface area contributed by atoms with Crippen LogP contribution in [0, 0.1) is 17.7 Å². The van der Waals surface area contributed by atoms with Crippen LogP contribution in [0.5, 0.6) is 0 Å².